The van der Waals surface area contributed by atoms with E-state index in [1.54, 1.807) is 0 Å². The number of hydrogen-bond acceptors (Lipinski definition) is 4. The number of benzene rings is 1. The second-order valence-electron chi connectivity index (χ2n) is 5.00. The summed E-state index contributed by atoms with van der Waals surface area (Å²) < 4.78 is 26.6. The molecule has 9 heteroatoms. The van der Waals surface area contributed by atoms with Crippen molar-refractivity contribution in [1.82, 2.24) is 15.4 Å². The lowest BCUT2D eigenvalue weighted by molar-refractivity contribution is -0.122. The van der Waals surface area contributed by atoms with Gasteiger partial charge in [0, 0.05) is 17.6 Å². The van der Waals surface area contributed by atoms with Gasteiger partial charge in [-0.2, -0.15) is 4.72 Å². The first kappa shape index (κ1) is 22.1. The molecule has 0 bridgehead atoms. The van der Waals surface area contributed by atoms with E-state index < -0.39 is 16.1 Å². The van der Waals surface area contributed by atoms with Crippen LogP contribution in [0.15, 0.2) is 29.2 Å². The highest BCUT2D eigenvalue weighted by Gasteiger charge is 2.22. The molecule has 0 radical (unpaired) electrons. The molecule has 2 atom stereocenters. The van der Waals surface area contributed by atoms with E-state index in [9.17, 15) is 13.2 Å². The molecule has 0 fully saturated rings. The van der Waals surface area contributed by atoms with Gasteiger partial charge in [0.05, 0.1) is 10.9 Å². The fourth-order valence-electron chi connectivity index (χ4n) is 1.80. The van der Waals surface area contributed by atoms with E-state index in [-0.39, 0.29) is 29.3 Å². The maximum absolute atomic E-state index is 12.2. The van der Waals surface area contributed by atoms with E-state index in [1.165, 1.54) is 31.2 Å². The van der Waals surface area contributed by atoms with E-state index in [0.29, 0.717) is 11.6 Å². The number of halogens is 2. The molecular weight excluding hydrogens is 361 g/mol. The first-order valence-corrected chi connectivity index (χ1v) is 8.91. The Hall–Kier alpha value is -0.860. The minimum atomic E-state index is -3.76. The SMILES string of the molecule is CCN[C@H](C)CNC(=O)C(C)NS(=O)(=O)c1ccc(Cl)cc1.Cl. The van der Waals surface area contributed by atoms with Crippen LogP contribution in [0.3, 0.4) is 0 Å². The lowest BCUT2D eigenvalue weighted by Gasteiger charge is -2.17. The van der Waals surface area contributed by atoms with Gasteiger partial charge in [-0.1, -0.05) is 18.5 Å². The standard InChI is InChI=1S/C14H22ClN3O3S.ClH/c1-4-16-10(2)9-17-14(19)11(3)18-22(20,21)13-7-5-12(15)6-8-13;/h5-8,10-11,16,18H,4,9H2,1-3H3,(H,17,19);1H/t10-,11?;/m1./s1. The van der Waals surface area contributed by atoms with E-state index in [0.717, 1.165) is 6.54 Å². The molecule has 1 amide bonds. The average Bonchev–Trinajstić information content (AvgIpc) is 2.45. The van der Waals surface area contributed by atoms with Crippen LogP contribution in [-0.4, -0.2) is 39.5 Å². The number of likely N-dealkylation sites (N-methyl/N-ethyl adjacent to an activating group) is 1. The molecule has 23 heavy (non-hydrogen) atoms. The molecule has 0 saturated carbocycles. The fourth-order valence-corrected chi connectivity index (χ4v) is 3.12. The highest BCUT2D eigenvalue weighted by Crippen LogP contribution is 2.14. The number of carbonyl (C=O) groups excluding carboxylic acids is 1. The van der Waals surface area contributed by atoms with Crippen molar-refractivity contribution in [1.29, 1.82) is 0 Å². The van der Waals surface area contributed by atoms with Gasteiger partial charge in [-0.15, -0.1) is 12.4 Å². The molecular formula is C14H23Cl2N3O3S. The smallest absolute Gasteiger partial charge is 0.241 e. The van der Waals surface area contributed by atoms with Gasteiger partial charge in [0.1, 0.15) is 0 Å². The number of carbonyl (C=O) groups is 1. The topological polar surface area (TPSA) is 87.3 Å². The molecule has 6 nitrogen and oxygen atoms in total. The average molecular weight is 384 g/mol. The molecule has 0 aliphatic carbocycles. The zero-order valence-corrected chi connectivity index (χ0v) is 15.7. The van der Waals surface area contributed by atoms with Crippen LogP contribution < -0.4 is 15.4 Å². The summed E-state index contributed by atoms with van der Waals surface area (Å²) in [4.78, 5) is 12.0. The zero-order valence-electron chi connectivity index (χ0n) is 13.3. The third-order valence-corrected chi connectivity index (χ3v) is 4.79. The molecule has 3 N–H and O–H groups in total. The van der Waals surface area contributed by atoms with Gasteiger partial charge in [-0.25, -0.2) is 8.42 Å². The first-order chi connectivity index (χ1) is 10.3. The number of hydrogen-bond donors (Lipinski definition) is 3. The van der Waals surface area contributed by atoms with E-state index >= 15 is 0 Å². The van der Waals surface area contributed by atoms with Gasteiger partial charge in [0.2, 0.25) is 15.9 Å². The molecule has 1 unspecified atom stereocenters. The highest BCUT2D eigenvalue weighted by atomic mass is 35.5. The molecule has 0 aliphatic heterocycles. The Morgan fingerprint density at radius 2 is 1.78 bits per heavy atom. The fraction of sp³-hybridized carbons (Fsp3) is 0.500. The van der Waals surface area contributed by atoms with Crippen LogP contribution in [0.5, 0.6) is 0 Å². The summed E-state index contributed by atoms with van der Waals surface area (Å²) in [6.45, 7) is 6.64. The normalized spacial score (nSPS) is 13.7. The van der Waals surface area contributed by atoms with Crippen LogP contribution in [0.2, 0.25) is 5.02 Å². The summed E-state index contributed by atoms with van der Waals surface area (Å²) in [7, 11) is -3.76. The predicted octanol–water partition coefficient (Wildman–Crippen LogP) is 1.54. The van der Waals surface area contributed by atoms with Crippen LogP contribution in [0, 0.1) is 0 Å². The molecule has 1 aromatic carbocycles. The molecule has 0 aliphatic rings. The summed E-state index contributed by atoms with van der Waals surface area (Å²) in [6.07, 6.45) is 0. The van der Waals surface area contributed by atoms with Crippen LogP contribution in [0.25, 0.3) is 0 Å². The third kappa shape index (κ3) is 7.50. The number of amides is 1. The van der Waals surface area contributed by atoms with E-state index in [1.807, 2.05) is 13.8 Å². The van der Waals surface area contributed by atoms with Gasteiger partial charge < -0.3 is 10.6 Å². The van der Waals surface area contributed by atoms with Crippen LogP contribution in [0.4, 0.5) is 0 Å². The van der Waals surface area contributed by atoms with Crippen LogP contribution in [0.1, 0.15) is 20.8 Å². The summed E-state index contributed by atoms with van der Waals surface area (Å²) in [6, 6.07) is 5.01. The molecule has 0 heterocycles. The predicted molar refractivity (Wildman–Crippen MR) is 94.6 cm³/mol. The third-order valence-electron chi connectivity index (χ3n) is 2.98. The lowest BCUT2D eigenvalue weighted by atomic mass is 10.3. The summed E-state index contributed by atoms with van der Waals surface area (Å²) in [5.41, 5.74) is 0. The Morgan fingerprint density at radius 1 is 1.22 bits per heavy atom. The van der Waals surface area contributed by atoms with Gasteiger partial charge >= 0.3 is 0 Å². The van der Waals surface area contributed by atoms with Crippen molar-refractivity contribution in [3.63, 3.8) is 0 Å². The molecule has 0 spiro atoms. The summed E-state index contributed by atoms with van der Waals surface area (Å²) in [5.74, 6) is -0.373. The van der Waals surface area contributed by atoms with Gasteiger partial charge in [-0.3, -0.25) is 4.79 Å². The lowest BCUT2D eigenvalue weighted by Crippen LogP contribution is -2.48. The zero-order chi connectivity index (χ0) is 16.8. The Kier molecular flexibility index (Phi) is 9.72. The minimum absolute atomic E-state index is 0. The molecule has 0 saturated heterocycles. The maximum Gasteiger partial charge on any atom is 0.241 e. The van der Waals surface area contributed by atoms with Crippen molar-refractivity contribution in [3.05, 3.63) is 29.3 Å². The van der Waals surface area contributed by atoms with Crippen molar-refractivity contribution in [3.8, 4) is 0 Å². The first-order valence-electron chi connectivity index (χ1n) is 7.05. The van der Waals surface area contributed by atoms with Crippen molar-refractivity contribution < 1.29 is 13.2 Å². The summed E-state index contributed by atoms with van der Waals surface area (Å²) in [5, 5.41) is 6.30. The quantitative estimate of drug-likeness (QED) is 0.635. The molecule has 132 valence electrons. The molecule has 0 aromatic heterocycles. The van der Waals surface area contributed by atoms with E-state index in [4.69, 9.17) is 11.6 Å². The second kappa shape index (κ2) is 10.1. The van der Waals surface area contributed by atoms with E-state index in [2.05, 4.69) is 15.4 Å². The maximum atomic E-state index is 12.2. The van der Waals surface area contributed by atoms with Crippen LogP contribution >= 0.6 is 24.0 Å². The number of nitrogens with one attached hydrogen (secondary N) is 3. The number of sulfonamides is 1. The number of rotatable bonds is 8. The van der Waals surface area contributed by atoms with Gasteiger partial charge in [0.15, 0.2) is 0 Å². The minimum Gasteiger partial charge on any atom is -0.353 e. The molecule has 1 rings (SSSR count). The van der Waals surface area contributed by atoms with Crippen molar-refractivity contribution in [2.45, 2.75) is 37.8 Å². The second-order valence-corrected chi connectivity index (χ2v) is 7.15. The highest BCUT2D eigenvalue weighted by molar-refractivity contribution is 7.89. The summed E-state index contributed by atoms with van der Waals surface area (Å²) >= 11 is 5.73. The monoisotopic (exact) mass is 383 g/mol. The van der Waals surface area contributed by atoms with Crippen molar-refractivity contribution >= 4 is 39.9 Å². The Morgan fingerprint density at radius 3 is 2.30 bits per heavy atom. The van der Waals surface area contributed by atoms with Gasteiger partial charge in [0.25, 0.3) is 0 Å². The van der Waals surface area contributed by atoms with Gasteiger partial charge in [-0.05, 0) is 44.7 Å². The Labute approximate surface area is 148 Å². The largest absolute Gasteiger partial charge is 0.353 e. The van der Waals surface area contributed by atoms with Crippen molar-refractivity contribution in [2.24, 2.45) is 0 Å². The Balaban J connectivity index is 0.00000484. The van der Waals surface area contributed by atoms with Crippen LogP contribution in [-0.2, 0) is 14.8 Å². The Bertz CT molecular complexity index is 594. The molecule has 1 aromatic rings. The van der Waals surface area contributed by atoms with Crippen molar-refractivity contribution in [2.75, 3.05) is 13.1 Å².